The van der Waals surface area contributed by atoms with E-state index in [0.29, 0.717) is 17.0 Å². The second-order valence-electron chi connectivity index (χ2n) is 5.80. The Morgan fingerprint density at radius 2 is 2.05 bits per heavy atom. The minimum absolute atomic E-state index is 0.402. The van der Waals surface area contributed by atoms with E-state index in [-0.39, 0.29) is 0 Å². The molecule has 2 aromatic rings. The van der Waals surface area contributed by atoms with Crippen LogP contribution in [-0.2, 0) is 11.5 Å². The number of hydrogen-bond acceptors (Lipinski definition) is 2. The number of nitrogens with zero attached hydrogens (tertiary/aromatic N) is 2. The molecule has 0 saturated carbocycles. The molecule has 0 aliphatic carbocycles. The molecule has 0 aliphatic rings. The molecular weight excluding hydrogens is 299 g/mol. The molecule has 0 saturated heterocycles. The SMILES string of the molecule is C[Si](C)(C)CCOCn1ccc2c(Cl)nc(Cl)cc21. The molecule has 0 amide bonds. The number of fused-ring (bicyclic) bond motifs is 1. The molecule has 0 atom stereocenters. The van der Waals surface area contributed by atoms with Crippen molar-refractivity contribution < 1.29 is 4.74 Å². The van der Waals surface area contributed by atoms with Crippen molar-refractivity contribution in [2.24, 2.45) is 0 Å². The van der Waals surface area contributed by atoms with Gasteiger partial charge in [0.25, 0.3) is 0 Å². The summed E-state index contributed by atoms with van der Waals surface area (Å²) in [5.41, 5.74) is 0.956. The predicted molar refractivity (Wildman–Crippen MR) is 83.9 cm³/mol. The van der Waals surface area contributed by atoms with Crippen LogP contribution in [0.15, 0.2) is 18.3 Å². The van der Waals surface area contributed by atoms with Gasteiger partial charge >= 0.3 is 0 Å². The van der Waals surface area contributed by atoms with Gasteiger partial charge in [0, 0.05) is 26.3 Å². The summed E-state index contributed by atoms with van der Waals surface area (Å²) in [6, 6.07) is 4.91. The van der Waals surface area contributed by atoms with Gasteiger partial charge in [0.05, 0.1) is 5.52 Å². The lowest BCUT2D eigenvalue weighted by molar-refractivity contribution is 0.0902. The summed E-state index contributed by atoms with van der Waals surface area (Å²) in [6.45, 7) is 8.33. The van der Waals surface area contributed by atoms with Gasteiger partial charge in [-0.25, -0.2) is 4.98 Å². The monoisotopic (exact) mass is 316 g/mol. The van der Waals surface area contributed by atoms with Gasteiger partial charge < -0.3 is 9.30 Å². The summed E-state index contributed by atoms with van der Waals surface area (Å²) in [4.78, 5) is 4.03. The first-order valence-corrected chi connectivity index (χ1v) is 10.7. The first kappa shape index (κ1) is 14.8. The maximum atomic E-state index is 6.05. The average molecular weight is 317 g/mol. The fourth-order valence-electron chi connectivity index (χ4n) is 1.77. The van der Waals surface area contributed by atoms with Crippen molar-refractivity contribution in [3.63, 3.8) is 0 Å². The van der Waals surface area contributed by atoms with E-state index in [2.05, 4.69) is 24.6 Å². The third-order valence-corrected chi connectivity index (χ3v) is 5.10. The molecule has 0 aromatic carbocycles. The number of rotatable bonds is 5. The van der Waals surface area contributed by atoms with E-state index in [1.165, 1.54) is 0 Å². The molecule has 0 spiro atoms. The van der Waals surface area contributed by atoms with E-state index in [4.69, 9.17) is 27.9 Å². The maximum absolute atomic E-state index is 6.05. The molecule has 0 fully saturated rings. The normalized spacial score (nSPS) is 12.3. The molecule has 0 unspecified atom stereocenters. The summed E-state index contributed by atoms with van der Waals surface area (Å²) in [5.74, 6) is 0. The molecule has 0 N–H and O–H groups in total. The number of halogens is 2. The predicted octanol–water partition coefficient (Wildman–Crippen LogP) is 4.66. The molecule has 0 aliphatic heterocycles. The number of ether oxygens (including phenoxy) is 1. The largest absolute Gasteiger partial charge is 0.361 e. The van der Waals surface area contributed by atoms with Crippen molar-refractivity contribution in [1.29, 1.82) is 0 Å². The zero-order chi connectivity index (χ0) is 14.0. The van der Waals surface area contributed by atoms with Crippen LogP contribution in [0.2, 0.25) is 36.0 Å². The molecular formula is C13H18Cl2N2OSi. The maximum Gasteiger partial charge on any atom is 0.140 e. The van der Waals surface area contributed by atoms with Crippen molar-refractivity contribution in [2.75, 3.05) is 6.61 Å². The lowest BCUT2D eigenvalue weighted by Gasteiger charge is -2.15. The fraction of sp³-hybridized carbons (Fsp3) is 0.462. The van der Waals surface area contributed by atoms with Crippen molar-refractivity contribution >= 4 is 42.2 Å². The summed E-state index contributed by atoms with van der Waals surface area (Å²) in [6.07, 6.45) is 1.95. The van der Waals surface area contributed by atoms with Crippen molar-refractivity contribution in [2.45, 2.75) is 32.4 Å². The minimum Gasteiger partial charge on any atom is -0.361 e. The van der Waals surface area contributed by atoms with E-state index in [9.17, 15) is 0 Å². The Kier molecular flexibility index (Phi) is 4.56. The van der Waals surface area contributed by atoms with Gasteiger partial charge in [-0.3, -0.25) is 0 Å². The molecule has 2 rings (SSSR count). The van der Waals surface area contributed by atoms with Gasteiger partial charge in [0.15, 0.2) is 0 Å². The van der Waals surface area contributed by atoms with Crippen LogP contribution in [0.3, 0.4) is 0 Å². The molecule has 104 valence electrons. The Morgan fingerprint density at radius 1 is 1.32 bits per heavy atom. The lowest BCUT2D eigenvalue weighted by Crippen LogP contribution is -2.21. The Hall–Kier alpha value is -0.553. The van der Waals surface area contributed by atoms with Crippen LogP contribution in [0.4, 0.5) is 0 Å². The van der Waals surface area contributed by atoms with Crippen LogP contribution in [0, 0.1) is 0 Å². The van der Waals surface area contributed by atoms with E-state index in [1.54, 1.807) is 0 Å². The van der Waals surface area contributed by atoms with Crippen LogP contribution in [0.25, 0.3) is 10.9 Å². The Morgan fingerprint density at radius 3 is 2.74 bits per heavy atom. The third kappa shape index (κ3) is 3.95. The zero-order valence-corrected chi connectivity index (χ0v) is 13.9. The van der Waals surface area contributed by atoms with E-state index in [0.717, 1.165) is 23.6 Å². The van der Waals surface area contributed by atoms with Crippen LogP contribution in [-0.4, -0.2) is 24.2 Å². The molecule has 6 heteroatoms. The first-order chi connectivity index (χ1) is 8.87. The van der Waals surface area contributed by atoms with E-state index >= 15 is 0 Å². The van der Waals surface area contributed by atoms with Crippen molar-refractivity contribution in [1.82, 2.24) is 9.55 Å². The highest BCUT2D eigenvalue weighted by Crippen LogP contribution is 2.25. The van der Waals surface area contributed by atoms with E-state index < -0.39 is 8.07 Å². The number of aromatic nitrogens is 2. The Balaban J connectivity index is 2.05. The van der Waals surface area contributed by atoms with Crippen LogP contribution >= 0.6 is 23.2 Å². The summed E-state index contributed by atoms with van der Waals surface area (Å²) in [7, 11) is -1.04. The highest BCUT2D eigenvalue weighted by molar-refractivity contribution is 6.76. The highest BCUT2D eigenvalue weighted by Gasteiger charge is 2.12. The van der Waals surface area contributed by atoms with Gasteiger partial charge in [0.2, 0.25) is 0 Å². The third-order valence-electron chi connectivity index (χ3n) is 2.92. The fourth-order valence-corrected chi connectivity index (χ4v) is 3.01. The molecule has 0 radical (unpaired) electrons. The van der Waals surface area contributed by atoms with Crippen LogP contribution < -0.4 is 0 Å². The number of pyridine rings is 1. The summed E-state index contributed by atoms with van der Waals surface area (Å²) in [5, 5.41) is 1.74. The van der Waals surface area contributed by atoms with E-state index in [1.807, 2.05) is 22.9 Å². The molecule has 3 nitrogen and oxygen atoms in total. The molecule has 0 bridgehead atoms. The van der Waals surface area contributed by atoms with Crippen molar-refractivity contribution in [3.05, 3.63) is 28.6 Å². The lowest BCUT2D eigenvalue weighted by atomic mass is 10.3. The topological polar surface area (TPSA) is 27.1 Å². The Bertz CT molecular complexity index is 578. The molecule has 2 heterocycles. The Labute approximate surface area is 124 Å². The second kappa shape index (κ2) is 5.83. The van der Waals surface area contributed by atoms with Gasteiger partial charge in [-0.15, -0.1) is 0 Å². The quantitative estimate of drug-likeness (QED) is 0.456. The number of hydrogen-bond donors (Lipinski definition) is 0. The second-order valence-corrected chi connectivity index (χ2v) is 12.2. The highest BCUT2D eigenvalue weighted by atomic mass is 35.5. The molecule has 2 aromatic heterocycles. The first-order valence-electron chi connectivity index (χ1n) is 6.25. The van der Waals surface area contributed by atoms with Crippen LogP contribution in [0.5, 0.6) is 0 Å². The minimum atomic E-state index is -1.04. The smallest absolute Gasteiger partial charge is 0.140 e. The van der Waals surface area contributed by atoms with Gasteiger partial charge in [0.1, 0.15) is 17.0 Å². The van der Waals surface area contributed by atoms with Gasteiger partial charge in [-0.1, -0.05) is 42.8 Å². The van der Waals surface area contributed by atoms with Gasteiger partial charge in [-0.2, -0.15) is 0 Å². The van der Waals surface area contributed by atoms with Gasteiger partial charge in [-0.05, 0) is 18.2 Å². The molecule has 19 heavy (non-hydrogen) atoms. The standard InChI is InChI=1S/C13H18Cl2N2OSi/c1-19(2,3)7-6-18-9-17-5-4-10-11(17)8-12(14)16-13(10)15/h4-5,8H,6-7,9H2,1-3H3. The average Bonchev–Trinajstić information content (AvgIpc) is 2.66. The van der Waals surface area contributed by atoms with Crippen LogP contribution in [0.1, 0.15) is 0 Å². The summed E-state index contributed by atoms with van der Waals surface area (Å²) < 4.78 is 7.73. The zero-order valence-electron chi connectivity index (χ0n) is 11.4. The van der Waals surface area contributed by atoms with Crippen molar-refractivity contribution in [3.8, 4) is 0 Å². The summed E-state index contributed by atoms with van der Waals surface area (Å²) >= 11 is 12.0.